The lowest BCUT2D eigenvalue weighted by Gasteiger charge is -2.17. The Morgan fingerprint density at radius 1 is 1.47 bits per heavy atom. The normalized spacial score (nSPS) is 19.8. The molecule has 0 spiro atoms. The van der Waals surface area contributed by atoms with Crippen LogP contribution < -0.4 is 4.74 Å². The van der Waals surface area contributed by atoms with Gasteiger partial charge in [0, 0.05) is 12.3 Å². The van der Waals surface area contributed by atoms with Crippen LogP contribution in [0.4, 0.5) is 0 Å². The maximum absolute atomic E-state index is 7.46. The molecule has 1 aliphatic heterocycles. The van der Waals surface area contributed by atoms with E-state index < -0.39 is 0 Å². The van der Waals surface area contributed by atoms with E-state index in [0.29, 0.717) is 12.3 Å². The predicted octanol–water partition coefficient (Wildman–Crippen LogP) is 2.69. The molecule has 15 heavy (non-hydrogen) atoms. The minimum atomic E-state index is 0.223. The Balaban J connectivity index is 2.24. The zero-order chi connectivity index (χ0) is 10.7. The monoisotopic (exact) mass is 203 g/mol. The number of hydrogen-bond donors (Lipinski definition) is 1. The lowest BCUT2D eigenvalue weighted by Crippen LogP contribution is -2.10. The molecule has 1 atom stereocenters. The average molecular weight is 203 g/mol. The Hall–Kier alpha value is -1.77. The van der Waals surface area contributed by atoms with Gasteiger partial charge in [0.2, 0.25) is 0 Å². The Labute approximate surface area is 88.8 Å². The largest absolute Gasteiger partial charge is 0.497 e. The molecule has 1 unspecified atom stereocenters. The van der Waals surface area contributed by atoms with E-state index in [0.717, 1.165) is 11.3 Å². The minimum Gasteiger partial charge on any atom is -0.497 e. The molecule has 3 nitrogen and oxygen atoms in total. The van der Waals surface area contributed by atoms with E-state index in [-0.39, 0.29) is 5.92 Å². The summed E-state index contributed by atoms with van der Waals surface area (Å²) in [5.74, 6) is 1.38. The standard InChI is InChI=1S/C12H13NO2/c1-14-11-4-2-3-9(7-11)10-5-6-15-12(13)8-10/h2-7,10,13H,8H2,1H3. The van der Waals surface area contributed by atoms with Crippen molar-refractivity contribution in [3.05, 3.63) is 42.2 Å². The molecular formula is C12H13NO2. The van der Waals surface area contributed by atoms with Crippen molar-refractivity contribution >= 4 is 5.90 Å². The molecule has 1 N–H and O–H groups in total. The van der Waals surface area contributed by atoms with Crippen molar-refractivity contribution in [2.24, 2.45) is 0 Å². The van der Waals surface area contributed by atoms with Gasteiger partial charge in [-0.25, -0.2) is 0 Å². The summed E-state index contributed by atoms with van der Waals surface area (Å²) in [6.45, 7) is 0. The third-order valence-electron chi connectivity index (χ3n) is 2.45. The summed E-state index contributed by atoms with van der Waals surface area (Å²) in [7, 11) is 1.65. The van der Waals surface area contributed by atoms with E-state index in [4.69, 9.17) is 14.9 Å². The van der Waals surface area contributed by atoms with Gasteiger partial charge in [0.25, 0.3) is 0 Å². The highest BCUT2D eigenvalue weighted by Gasteiger charge is 2.15. The summed E-state index contributed by atoms with van der Waals surface area (Å²) in [5.41, 5.74) is 1.15. The van der Waals surface area contributed by atoms with Crippen molar-refractivity contribution in [2.75, 3.05) is 7.11 Å². The summed E-state index contributed by atoms with van der Waals surface area (Å²) in [6.07, 6.45) is 4.16. The van der Waals surface area contributed by atoms with E-state index in [1.165, 1.54) is 0 Å². The topological polar surface area (TPSA) is 42.3 Å². The quantitative estimate of drug-likeness (QED) is 0.802. The number of benzene rings is 1. The molecule has 0 saturated carbocycles. The fraction of sp³-hybridized carbons (Fsp3) is 0.250. The maximum atomic E-state index is 7.46. The molecule has 0 amide bonds. The van der Waals surface area contributed by atoms with Crippen molar-refractivity contribution in [1.82, 2.24) is 0 Å². The van der Waals surface area contributed by atoms with Crippen LogP contribution in [-0.2, 0) is 4.74 Å². The first kappa shape index (κ1) is 9.77. The van der Waals surface area contributed by atoms with Crippen LogP contribution in [0.5, 0.6) is 5.75 Å². The number of allylic oxidation sites excluding steroid dienone is 1. The fourth-order valence-corrected chi connectivity index (χ4v) is 1.63. The summed E-state index contributed by atoms with van der Waals surface area (Å²) in [5, 5.41) is 7.46. The molecule has 1 aromatic carbocycles. The van der Waals surface area contributed by atoms with Crippen molar-refractivity contribution in [2.45, 2.75) is 12.3 Å². The third-order valence-corrected chi connectivity index (χ3v) is 2.45. The van der Waals surface area contributed by atoms with Crippen molar-refractivity contribution in [3.8, 4) is 5.75 Å². The molecule has 0 radical (unpaired) electrons. The van der Waals surface area contributed by atoms with E-state index in [1.54, 1.807) is 13.4 Å². The van der Waals surface area contributed by atoms with Crippen LogP contribution in [0.15, 0.2) is 36.6 Å². The summed E-state index contributed by atoms with van der Waals surface area (Å²) < 4.78 is 10.1. The molecule has 0 aliphatic carbocycles. The number of rotatable bonds is 2. The first-order valence-electron chi connectivity index (χ1n) is 4.84. The maximum Gasteiger partial charge on any atom is 0.187 e. The number of methoxy groups -OCH3 is 1. The molecule has 3 heteroatoms. The SMILES string of the molecule is COc1cccc(C2C=COC(=N)C2)c1. The van der Waals surface area contributed by atoms with Crippen molar-refractivity contribution < 1.29 is 9.47 Å². The number of ether oxygens (including phenoxy) is 2. The Bertz CT molecular complexity index is 398. The van der Waals surface area contributed by atoms with Gasteiger partial charge in [0.05, 0.1) is 13.4 Å². The Morgan fingerprint density at radius 3 is 3.07 bits per heavy atom. The average Bonchev–Trinajstić information content (AvgIpc) is 2.29. The lowest BCUT2D eigenvalue weighted by atomic mass is 9.94. The molecular weight excluding hydrogens is 190 g/mol. The van der Waals surface area contributed by atoms with Gasteiger partial charge < -0.3 is 9.47 Å². The second-order valence-electron chi connectivity index (χ2n) is 3.46. The molecule has 0 bridgehead atoms. The van der Waals surface area contributed by atoms with E-state index in [9.17, 15) is 0 Å². The van der Waals surface area contributed by atoms with E-state index >= 15 is 0 Å². The van der Waals surface area contributed by atoms with Crippen molar-refractivity contribution in [1.29, 1.82) is 5.41 Å². The van der Waals surface area contributed by atoms with Gasteiger partial charge in [-0.05, 0) is 23.8 Å². The highest BCUT2D eigenvalue weighted by molar-refractivity contribution is 5.75. The third kappa shape index (κ3) is 2.18. The first-order chi connectivity index (χ1) is 7.29. The Kier molecular flexibility index (Phi) is 2.72. The molecule has 0 aromatic heterocycles. The molecule has 0 fully saturated rings. The molecule has 1 aliphatic rings. The van der Waals surface area contributed by atoms with Crippen LogP contribution in [0.2, 0.25) is 0 Å². The van der Waals surface area contributed by atoms with E-state index in [2.05, 4.69) is 0 Å². The Morgan fingerprint density at radius 2 is 2.33 bits per heavy atom. The highest BCUT2D eigenvalue weighted by atomic mass is 16.5. The highest BCUT2D eigenvalue weighted by Crippen LogP contribution is 2.27. The van der Waals surface area contributed by atoms with Gasteiger partial charge in [-0.15, -0.1) is 0 Å². The predicted molar refractivity (Wildman–Crippen MR) is 58.3 cm³/mol. The van der Waals surface area contributed by atoms with Crippen LogP contribution in [0.1, 0.15) is 17.9 Å². The lowest BCUT2D eigenvalue weighted by molar-refractivity contribution is 0.412. The zero-order valence-corrected chi connectivity index (χ0v) is 8.57. The summed E-state index contributed by atoms with van der Waals surface area (Å²) in [6, 6.07) is 7.91. The second-order valence-corrected chi connectivity index (χ2v) is 3.46. The van der Waals surface area contributed by atoms with Crippen LogP contribution in [0.3, 0.4) is 0 Å². The smallest absolute Gasteiger partial charge is 0.187 e. The molecule has 1 aromatic rings. The van der Waals surface area contributed by atoms with Gasteiger partial charge in [-0.2, -0.15) is 0 Å². The van der Waals surface area contributed by atoms with Crippen LogP contribution in [0, 0.1) is 5.41 Å². The zero-order valence-electron chi connectivity index (χ0n) is 8.57. The molecule has 78 valence electrons. The van der Waals surface area contributed by atoms with Crippen LogP contribution >= 0.6 is 0 Å². The number of hydrogen-bond acceptors (Lipinski definition) is 3. The second kappa shape index (κ2) is 4.17. The molecule has 1 heterocycles. The first-order valence-corrected chi connectivity index (χ1v) is 4.84. The van der Waals surface area contributed by atoms with E-state index in [1.807, 2.05) is 30.3 Å². The van der Waals surface area contributed by atoms with Crippen LogP contribution in [-0.4, -0.2) is 13.0 Å². The van der Waals surface area contributed by atoms with Crippen LogP contribution in [0.25, 0.3) is 0 Å². The number of nitrogens with one attached hydrogen (secondary N) is 1. The molecule has 2 rings (SSSR count). The van der Waals surface area contributed by atoms with Gasteiger partial charge in [0.15, 0.2) is 5.90 Å². The van der Waals surface area contributed by atoms with Gasteiger partial charge in [0.1, 0.15) is 5.75 Å². The van der Waals surface area contributed by atoms with Gasteiger partial charge in [-0.1, -0.05) is 12.1 Å². The molecule has 0 saturated heterocycles. The van der Waals surface area contributed by atoms with Gasteiger partial charge >= 0.3 is 0 Å². The van der Waals surface area contributed by atoms with Crippen molar-refractivity contribution in [3.63, 3.8) is 0 Å². The summed E-state index contributed by atoms with van der Waals surface area (Å²) >= 11 is 0. The van der Waals surface area contributed by atoms with Gasteiger partial charge in [-0.3, -0.25) is 5.41 Å². The fourth-order valence-electron chi connectivity index (χ4n) is 1.63. The minimum absolute atomic E-state index is 0.223. The summed E-state index contributed by atoms with van der Waals surface area (Å²) in [4.78, 5) is 0.